The maximum atomic E-state index is 14.2. The van der Waals surface area contributed by atoms with E-state index in [1.165, 1.54) is 54.6 Å². The summed E-state index contributed by atoms with van der Waals surface area (Å²) < 4.78 is 33.4. The Labute approximate surface area is 192 Å². The van der Waals surface area contributed by atoms with E-state index in [-0.39, 0.29) is 23.6 Å². The molecule has 9 heteroatoms. The Morgan fingerprint density at radius 1 is 0.970 bits per heavy atom. The number of anilines is 1. The van der Waals surface area contributed by atoms with Crippen LogP contribution in [0.2, 0.25) is 5.02 Å². The SMILES string of the molecule is O=C1NC(=O)N(c2ccccc2F)C(=O)/C1=C\c1cc(Cl)ccc1OCc1cccc(F)c1. The highest BCUT2D eigenvalue weighted by molar-refractivity contribution is 6.39. The van der Waals surface area contributed by atoms with E-state index in [0.717, 1.165) is 6.07 Å². The number of halogens is 3. The number of hydrogen-bond donors (Lipinski definition) is 1. The molecule has 4 rings (SSSR count). The molecule has 6 nitrogen and oxygen atoms in total. The number of carbonyl (C=O) groups is 3. The summed E-state index contributed by atoms with van der Waals surface area (Å²) >= 11 is 6.08. The van der Waals surface area contributed by atoms with Gasteiger partial charge in [-0.3, -0.25) is 14.9 Å². The number of ether oxygens (including phenoxy) is 1. The Hall–Kier alpha value is -4.04. The molecule has 0 bridgehead atoms. The van der Waals surface area contributed by atoms with E-state index in [0.29, 0.717) is 15.5 Å². The second-order valence-electron chi connectivity index (χ2n) is 7.01. The van der Waals surface area contributed by atoms with Gasteiger partial charge in [0, 0.05) is 10.6 Å². The molecule has 1 heterocycles. The Kier molecular flexibility index (Phi) is 6.19. The highest BCUT2D eigenvalue weighted by atomic mass is 35.5. The third-order valence-corrected chi connectivity index (χ3v) is 4.99. The van der Waals surface area contributed by atoms with Crippen LogP contribution in [0.25, 0.3) is 6.08 Å². The fraction of sp³-hybridized carbons (Fsp3) is 0.0417. The summed E-state index contributed by atoms with van der Waals surface area (Å²) in [5.41, 5.74) is 0.106. The molecule has 0 radical (unpaired) electrons. The number of rotatable bonds is 5. The van der Waals surface area contributed by atoms with Gasteiger partial charge >= 0.3 is 6.03 Å². The predicted octanol–water partition coefficient (Wildman–Crippen LogP) is 4.86. The molecule has 0 aromatic heterocycles. The lowest BCUT2D eigenvalue weighted by Gasteiger charge is -2.26. The van der Waals surface area contributed by atoms with Gasteiger partial charge in [0.2, 0.25) is 0 Å². The minimum atomic E-state index is -1.07. The molecule has 1 N–H and O–H groups in total. The van der Waals surface area contributed by atoms with Crippen LogP contribution in [0.15, 0.2) is 72.3 Å². The number of nitrogens with zero attached hydrogens (tertiary/aromatic N) is 1. The van der Waals surface area contributed by atoms with E-state index >= 15 is 0 Å². The maximum Gasteiger partial charge on any atom is 0.336 e. The van der Waals surface area contributed by atoms with Crippen molar-refractivity contribution in [1.82, 2.24) is 5.32 Å². The number of hydrogen-bond acceptors (Lipinski definition) is 4. The lowest BCUT2D eigenvalue weighted by atomic mass is 10.1. The normalized spacial score (nSPS) is 15.1. The van der Waals surface area contributed by atoms with Crippen LogP contribution in [0.5, 0.6) is 5.75 Å². The Morgan fingerprint density at radius 2 is 1.76 bits per heavy atom. The topological polar surface area (TPSA) is 75.7 Å². The van der Waals surface area contributed by atoms with Gasteiger partial charge in [0.05, 0.1) is 5.69 Å². The first kappa shape index (κ1) is 22.2. The van der Waals surface area contributed by atoms with E-state index in [1.807, 2.05) is 5.32 Å². The summed E-state index contributed by atoms with van der Waals surface area (Å²) in [6.07, 6.45) is 1.20. The lowest BCUT2D eigenvalue weighted by Crippen LogP contribution is -2.54. The van der Waals surface area contributed by atoms with E-state index in [9.17, 15) is 23.2 Å². The average molecular weight is 469 g/mol. The van der Waals surface area contributed by atoms with Gasteiger partial charge in [0.25, 0.3) is 11.8 Å². The summed E-state index contributed by atoms with van der Waals surface area (Å²) in [5, 5.41) is 2.33. The van der Waals surface area contributed by atoms with Crippen LogP contribution in [0, 0.1) is 11.6 Å². The van der Waals surface area contributed by atoms with Gasteiger partial charge in [-0.2, -0.15) is 0 Å². The van der Waals surface area contributed by atoms with Crippen LogP contribution < -0.4 is 15.0 Å². The maximum absolute atomic E-state index is 14.2. The molecule has 0 spiro atoms. The molecular weight excluding hydrogens is 454 g/mol. The van der Waals surface area contributed by atoms with Gasteiger partial charge in [-0.25, -0.2) is 18.5 Å². The van der Waals surface area contributed by atoms with Crippen molar-refractivity contribution in [2.24, 2.45) is 0 Å². The van der Waals surface area contributed by atoms with E-state index < -0.39 is 35.1 Å². The summed E-state index contributed by atoms with van der Waals surface area (Å²) in [7, 11) is 0. The monoisotopic (exact) mass is 468 g/mol. The first-order chi connectivity index (χ1) is 15.8. The molecule has 33 heavy (non-hydrogen) atoms. The standard InChI is InChI=1S/C24H15ClF2N2O4/c25-16-8-9-21(33-13-14-4-3-5-17(26)10-14)15(11-16)12-18-22(30)28-24(32)29(23(18)31)20-7-2-1-6-19(20)27/h1-12H,13H2,(H,28,30,32)/b18-12-. The first-order valence-electron chi connectivity index (χ1n) is 9.66. The fourth-order valence-electron chi connectivity index (χ4n) is 3.22. The summed E-state index contributed by atoms with van der Waals surface area (Å²) in [5.74, 6) is -2.93. The summed E-state index contributed by atoms with van der Waals surface area (Å²) in [4.78, 5) is 38.3. The van der Waals surface area contributed by atoms with E-state index in [2.05, 4.69) is 0 Å². The molecule has 0 saturated carbocycles. The predicted molar refractivity (Wildman–Crippen MR) is 118 cm³/mol. The number of barbiturate groups is 1. The molecule has 1 fully saturated rings. The molecule has 0 aliphatic carbocycles. The number of benzene rings is 3. The largest absolute Gasteiger partial charge is 0.488 e. The second-order valence-corrected chi connectivity index (χ2v) is 7.45. The molecule has 0 unspecified atom stereocenters. The van der Waals surface area contributed by atoms with Crippen molar-refractivity contribution in [2.45, 2.75) is 6.61 Å². The molecule has 166 valence electrons. The van der Waals surface area contributed by atoms with Gasteiger partial charge in [-0.15, -0.1) is 0 Å². The van der Waals surface area contributed by atoms with E-state index in [1.54, 1.807) is 12.1 Å². The van der Waals surface area contributed by atoms with Gasteiger partial charge in [-0.1, -0.05) is 35.9 Å². The molecule has 3 aromatic rings. The van der Waals surface area contributed by atoms with Crippen molar-refractivity contribution in [3.63, 3.8) is 0 Å². The van der Waals surface area contributed by atoms with Crippen molar-refractivity contribution in [2.75, 3.05) is 4.90 Å². The zero-order valence-electron chi connectivity index (χ0n) is 16.8. The van der Waals surface area contributed by atoms with Crippen molar-refractivity contribution < 1.29 is 27.9 Å². The molecule has 4 amide bonds. The van der Waals surface area contributed by atoms with Gasteiger partial charge in [0.15, 0.2) is 0 Å². The van der Waals surface area contributed by atoms with Crippen LogP contribution in [0.3, 0.4) is 0 Å². The number of amides is 4. The van der Waals surface area contributed by atoms with Crippen molar-refractivity contribution in [3.05, 3.63) is 100 Å². The minimum Gasteiger partial charge on any atom is -0.488 e. The second kappa shape index (κ2) is 9.22. The van der Waals surface area contributed by atoms with Crippen molar-refractivity contribution >= 4 is 41.2 Å². The number of nitrogens with one attached hydrogen (secondary N) is 1. The van der Waals surface area contributed by atoms with Gasteiger partial charge in [-0.05, 0) is 54.1 Å². The highest BCUT2D eigenvalue weighted by Gasteiger charge is 2.38. The van der Waals surface area contributed by atoms with Gasteiger partial charge in [0.1, 0.15) is 29.6 Å². The quantitative estimate of drug-likeness (QED) is 0.428. The summed E-state index contributed by atoms with van der Waals surface area (Å²) in [6.45, 7) is 0.00947. The zero-order valence-corrected chi connectivity index (χ0v) is 17.6. The smallest absolute Gasteiger partial charge is 0.336 e. The first-order valence-corrected chi connectivity index (χ1v) is 10.0. The molecular formula is C24H15ClF2N2O4. The van der Waals surface area contributed by atoms with Crippen LogP contribution in [0.1, 0.15) is 11.1 Å². The molecule has 1 aliphatic rings. The summed E-state index contributed by atoms with van der Waals surface area (Å²) in [6, 6.07) is 14.5. The number of para-hydroxylation sites is 1. The molecule has 3 aromatic carbocycles. The van der Waals surface area contributed by atoms with Crippen LogP contribution in [-0.2, 0) is 16.2 Å². The van der Waals surface area contributed by atoms with Crippen LogP contribution >= 0.6 is 11.6 Å². The van der Waals surface area contributed by atoms with Crippen molar-refractivity contribution in [3.8, 4) is 5.75 Å². The average Bonchev–Trinajstić information content (AvgIpc) is 2.77. The molecule has 0 atom stereocenters. The molecule has 1 aliphatic heterocycles. The number of urea groups is 1. The Bertz CT molecular complexity index is 1310. The Balaban J connectivity index is 1.69. The Morgan fingerprint density at radius 3 is 2.52 bits per heavy atom. The third kappa shape index (κ3) is 4.75. The number of carbonyl (C=O) groups excluding carboxylic acids is 3. The molecule has 1 saturated heterocycles. The third-order valence-electron chi connectivity index (χ3n) is 4.75. The lowest BCUT2D eigenvalue weighted by molar-refractivity contribution is -0.122. The van der Waals surface area contributed by atoms with E-state index in [4.69, 9.17) is 16.3 Å². The number of imide groups is 2. The van der Waals surface area contributed by atoms with Crippen molar-refractivity contribution in [1.29, 1.82) is 0 Å². The fourth-order valence-corrected chi connectivity index (χ4v) is 3.40. The highest BCUT2D eigenvalue weighted by Crippen LogP contribution is 2.29. The minimum absolute atomic E-state index is 0.00947. The van der Waals surface area contributed by atoms with Crippen LogP contribution in [-0.4, -0.2) is 17.8 Å². The van der Waals surface area contributed by atoms with Crippen LogP contribution in [0.4, 0.5) is 19.3 Å². The van der Waals surface area contributed by atoms with Gasteiger partial charge < -0.3 is 4.74 Å². The zero-order chi connectivity index (χ0) is 23.5.